The van der Waals surface area contributed by atoms with Crippen LogP contribution in [0.1, 0.15) is 25.7 Å². The molecular weight excluding hydrogens is 222 g/mol. The summed E-state index contributed by atoms with van der Waals surface area (Å²) in [7, 11) is 1.60. The van der Waals surface area contributed by atoms with Gasteiger partial charge in [0.2, 0.25) is 5.91 Å². The maximum absolute atomic E-state index is 11.6. The van der Waals surface area contributed by atoms with E-state index in [-0.39, 0.29) is 17.2 Å². The maximum atomic E-state index is 11.6. The summed E-state index contributed by atoms with van der Waals surface area (Å²) >= 11 is 0. The lowest BCUT2D eigenvalue weighted by Gasteiger charge is -2.28. The number of methoxy groups -OCH3 is 1. The molecule has 0 aliphatic heterocycles. The Morgan fingerprint density at radius 1 is 1.35 bits per heavy atom. The van der Waals surface area contributed by atoms with Crippen molar-refractivity contribution in [2.24, 2.45) is 11.3 Å². The minimum absolute atomic E-state index is 0.0938. The van der Waals surface area contributed by atoms with Crippen LogP contribution in [0.5, 0.6) is 0 Å². The zero-order chi connectivity index (χ0) is 12.5. The first-order valence-electron chi connectivity index (χ1n) is 6.19. The van der Waals surface area contributed by atoms with Crippen molar-refractivity contribution < 1.29 is 19.7 Å². The van der Waals surface area contributed by atoms with Crippen LogP contribution in [0.15, 0.2) is 0 Å². The van der Waals surface area contributed by atoms with Gasteiger partial charge in [-0.15, -0.1) is 0 Å². The number of amides is 1. The number of hydrogen-bond donors (Lipinski definition) is 3. The lowest BCUT2D eigenvalue weighted by Crippen LogP contribution is -2.40. The molecule has 1 amide bonds. The summed E-state index contributed by atoms with van der Waals surface area (Å²) in [4.78, 5) is 11.6. The SMILES string of the molecule is COCC1(CNC(=O)C2CC2)C[C@@H](O)[C@@H](O)C1. The molecule has 2 saturated carbocycles. The third-order valence-corrected chi connectivity index (χ3v) is 3.76. The van der Waals surface area contributed by atoms with Crippen LogP contribution in [0.2, 0.25) is 0 Å². The van der Waals surface area contributed by atoms with Crippen molar-refractivity contribution in [3.8, 4) is 0 Å². The Balaban J connectivity index is 1.90. The smallest absolute Gasteiger partial charge is 0.223 e. The minimum atomic E-state index is -0.706. The molecule has 0 radical (unpaired) electrons. The molecule has 0 bridgehead atoms. The van der Waals surface area contributed by atoms with Crippen molar-refractivity contribution in [1.82, 2.24) is 5.32 Å². The second-order valence-electron chi connectivity index (χ2n) is 5.47. The number of aliphatic hydroxyl groups is 2. The standard InChI is InChI=1S/C12H21NO4/c1-17-7-12(4-9(14)10(15)5-12)6-13-11(16)8-2-3-8/h8-10,14-15H,2-7H2,1H3,(H,13,16)/t9-,10+,12?. The summed E-state index contributed by atoms with van der Waals surface area (Å²) in [6.45, 7) is 0.927. The van der Waals surface area contributed by atoms with E-state index in [4.69, 9.17) is 4.74 Å². The van der Waals surface area contributed by atoms with Gasteiger partial charge in [-0.2, -0.15) is 0 Å². The fourth-order valence-corrected chi connectivity index (χ4v) is 2.63. The molecule has 0 aromatic carbocycles. The fourth-order valence-electron chi connectivity index (χ4n) is 2.63. The van der Waals surface area contributed by atoms with Gasteiger partial charge in [-0.25, -0.2) is 0 Å². The van der Waals surface area contributed by atoms with E-state index in [1.54, 1.807) is 7.11 Å². The Kier molecular flexibility index (Phi) is 3.70. The van der Waals surface area contributed by atoms with Gasteiger partial charge in [0, 0.05) is 25.0 Å². The minimum Gasteiger partial charge on any atom is -0.390 e. The predicted molar refractivity (Wildman–Crippen MR) is 61.3 cm³/mol. The van der Waals surface area contributed by atoms with Crippen LogP contribution in [0.3, 0.4) is 0 Å². The summed E-state index contributed by atoms with van der Waals surface area (Å²) in [5.41, 5.74) is -0.321. The van der Waals surface area contributed by atoms with Gasteiger partial charge in [-0.1, -0.05) is 0 Å². The first kappa shape index (κ1) is 12.8. The van der Waals surface area contributed by atoms with Crippen molar-refractivity contribution in [1.29, 1.82) is 0 Å². The Labute approximate surface area is 101 Å². The van der Waals surface area contributed by atoms with E-state index in [1.165, 1.54) is 0 Å². The van der Waals surface area contributed by atoms with E-state index in [2.05, 4.69) is 5.32 Å². The van der Waals surface area contributed by atoms with Gasteiger partial charge >= 0.3 is 0 Å². The second-order valence-corrected chi connectivity index (χ2v) is 5.47. The number of ether oxygens (including phenoxy) is 1. The Morgan fingerprint density at radius 3 is 2.41 bits per heavy atom. The van der Waals surface area contributed by atoms with Gasteiger partial charge < -0.3 is 20.3 Å². The molecule has 0 saturated heterocycles. The van der Waals surface area contributed by atoms with E-state index >= 15 is 0 Å². The molecule has 0 heterocycles. The van der Waals surface area contributed by atoms with Crippen LogP contribution in [-0.2, 0) is 9.53 Å². The van der Waals surface area contributed by atoms with Gasteiger partial charge in [-0.3, -0.25) is 4.79 Å². The summed E-state index contributed by atoms with van der Waals surface area (Å²) < 4.78 is 5.16. The van der Waals surface area contributed by atoms with Crippen LogP contribution in [0.4, 0.5) is 0 Å². The molecule has 3 atom stereocenters. The molecule has 2 aliphatic carbocycles. The molecule has 0 aromatic heterocycles. The predicted octanol–water partition coefficient (Wildman–Crippen LogP) is -0.339. The number of aliphatic hydroxyl groups excluding tert-OH is 2. The van der Waals surface area contributed by atoms with Crippen LogP contribution >= 0.6 is 0 Å². The molecule has 0 spiro atoms. The van der Waals surface area contributed by atoms with Gasteiger partial charge in [-0.05, 0) is 25.7 Å². The van der Waals surface area contributed by atoms with Crippen LogP contribution < -0.4 is 5.32 Å². The highest BCUT2D eigenvalue weighted by molar-refractivity contribution is 5.80. The highest BCUT2D eigenvalue weighted by Gasteiger charge is 2.44. The number of carbonyl (C=O) groups excluding carboxylic acids is 1. The first-order valence-corrected chi connectivity index (χ1v) is 6.19. The topological polar surface area (TPSA) is 78.8 Å². The molecule has 5 heteroatoms. The van der Waals surface area contributed by atoms with E-state index < -0.39 is 12.2 Å². The van der Waals surface area contributed by atoms with Gasteiger partial charge in [0.05, 0.1) is 18.8 Å². The Hall–Kier alpha value is -0.650. The monoisotopic (exact) mass is 243 g/mol. The molecule has 2 fully saturated rings. The Morgan fingerprint density at radius 2 is 1.94 bits per heavy atom. The maximum Gasteiger partial charge on any atom is 0.223 e. The summed E-state index contributed by atoms with van der Waals surface area (Å²) in [5, 5.41) is 22.2. The van der Waals surface area contributed by atoms with E-state index in [0.717, 1.165) is 12.8 Å². The van der Waals surface area contributed by atoms with Crippen molar-refractivity contribution >= 4 is 5.91 Å². The molecular formula is C12H21NO4. The molecule has 1 unspecified atom stereocenters. The first-order chi connectivity index (χ1) is 8.06. The number of rotatable bonds is 5. The molecule has 98 valence electrons. The van der Waals surface area contributed by atoms with Crippen molar-refractivity contribution in [2.45, 2.75) is 37.9 Å². The highest BCUT2D eigenvalue weighted by Crippen LogP contribution is 2.38. The fraction of sp³-hybridized carbons (Fsp3) is 0.917. The largest absolute Gasteiger partial charge is 0.390 e. The summed E-state index contributed by atoms with van der Waals surface area (Å²) in [6.07, 6.45) is 1.51. The summed E-state index contributed by atoms with van der Waals surface area (Å²) in [5.74, 6) is 0.280. The number of hydrogen-bond acceptors (Lipinski definition) is 4. The molecule has 0 aromatic rings. The third-order valence-electron chi connectivity index (χ3n) is 3.76. The average molecular weight is 243 g/mol. The van der Waals surface area contributed by atoms with Crippen LogP contribution in [-0.4, -0.2) is 48.6 Å². The van der Waals surface area contributed by atoms with Crippen LogP contribution in [0, 0.1) is 11.3 Å². The van der Waals surface area contributed by atoms with E-state index in [1.807, 2.05) is 0 Å². The third kappa shape index (κ3) is 2.97. The van der Waals surface area contributed by atoms with Crippen LogP contribution in [0.25, 0.3) is 0 Å². The van der Waals surface area contributed by atoms with Gasteiger partial charge in [0.1, 0.15) is 0 Å². The van der Waals surface area contributed by atoms with Crippen molar-refractivity contribution in [3.63, 3.8) is 0 Å². The van der Waals surface area contributed by atoms with E-state index in [9.17, 15) is 15.0 Å². The molecule has 2 rings (SSSR count). The number of nitrogens with one attached hydrogen (secondary N) is 1. The summed E-state index contributed by atoms with van der Waals surface area (Å²) in [6, 6.07) is 0. The highest BCUT2D eigenvalue weighted by atomic mass is 16.5. The molecule has 3 N–H and O–H groups in total. The zero-order valence-corrected chi connectivity index (χ0v) is 10.2. The quantitative estimate of drug-likeness (QED) is 0.617. The van der Waals surface area contributed by atoms with Crippen molar-refractivity contribution in [2.75, 3.05) is 20.3 Å². The van der Waals surface area contributed by atoms with Crippen molar-refractivity contribution in [3.05, 3.63) is 0 Å². The van der Waals surface area contributed by atoms with Gasteiger partial charge in [0.25, 0.3) is 0 Å². The number of carbonyl (C=O) groups is 1. The average Bonchev–Trinajstić information content (AvgIpc) is 3.06. The second kappa shape index (κ2) is 4.92. The Bertz CT molecular complexity index is 280. The zero-order valence-electron chi connectivity index (χ0n) is 10.2. The molecule has 5 nitrogen and oxygen atoms in total. The lowest BCUT2D eigenvalue weighted by molar-refractivity contribution is -0.123. The van der Waals surface area contributed by atoms with E-state index in [0.29, 0.717) is 26.0 Å². The normalized spacial score (nSPS) is 37.1. The molecule has 17 heavy (non-hydrogen) atoms. The molecule has 2 aliphatic rings. The van der Waals surface area contributed by atoms with Gasteiger partial charge in [0.15, 0.2) is 0 Å². The lowest BCUT2D eigenvalue weighted by atomic mass is 9.86.